The molecule has 0 spiro atoms. The van der Waals surface area contributed by atoms with Crippen molar-refractivity contribution < 1.29 is 9.59 Å². The topological polar surface area (TPSA) is 49.4 Å². The maximum absolute atomic E-state index is 12.9. The fraction of sp³-hybridized carbons (Fsp3) is 0.333. The molecule has 28 heavy (non-hydrogen) atoms. The molecule has 4 nitrogen and oxygen atoms in total. The molecule has 0 heterocycles. The summed E-state index contributed by atoms with van der Waals surface area (Å²) in [5.41, 5.74) is 1.91. The molecule has 2 aromatic rings. The predicted molar refractivity (Wildman–Crippen MR) is 118 cm³/mol. The van der Waals surface area contributed by atoms with Crippen LogP contribution < -0.4 is 5.32 Å². The molecule has 0 unspecified atom stereocenters. The van der Waals surface area contributed by atoms with E-state index >= 15 is 0 Å². The van der Waals surface area contributed by atoms with E-state index in [2.05, 4.69) is 5.32 Å². The van der Waals surface area contributed by atoms with Gasteiger partial charge in [-0.2, -0.15) is 0 Å². The number of halogens is 2. The van der Waals surface area contributed by atoms with Gasteiger partial charge in [-0.05, 0) is 43.2 Å². The maximum Gasteiger partial charge on any atom is 0.242 e. The molecule has 0 fully saturated rings. The Morgan fingerprint density at radius 3 is 2.43 bits per heavy atom. The lowest BCUT2D eigenvalue weighted by Crippen LogP contribution is -2.48. The Kier molecular flexibility index (Phi) is 9.16. The molecule has 0 bridgehead atoms. The second-order valence-corrected chi connectivity index (χ2v) is 8.13. The van der Waals surface area contributed by atoms with Crippen LogP contribution in [0, 0.1) is 0 Å². The number of amides is 2. The summed E-state index contributed by atoms with van der Waals surface area (Å²) >= 11 is 13.6. The number of hydrogen-bond acceptors (Lipinski definition) is 3. The van der Waals surface area contributed by atoms with Gasteiger partial charge in [-0.25, -0.2) is 0 Å². The van der Waals surface area contributed by atoms with Crippen LogP contribution in [-0.2, 0) is 21.9 Å². The van der Waals surface area contributed by atoms with Crippen LogP contribution in [0.1, 0.15) is 25.0 Å². The summed E-state index contributed by atoms with van der Waals surface area (Å²) < 4.78 is 0. The van der Waals surface area contributed by atoms with Crippen molar-refractivity contribution in [1.82, 2.24) is 10.2 Å². The molecule has 7 heteroatoms. The summed E-state index contributed by atoms with van der Waals surface area (Å²) in [4.78, 5) is 26.8. The van der Waals surface area contributed by atoms with E-state index in [1.165, 1.54) is 11.8 Å². The van der Waals surface area contributed by atoms with Crippen LogP contribution in [0.4, 0.5) is 0 Å². The van der Waals surface area contributed by atoms with Crippen molar-refractivity contribution in [3.05, 3.63) is 69.7 Å². The van der Waals surface area contributed by atoms with E-state index in [9.17, 15) is 9.59 Å². The van der Waals surface area contributed by atoms with E-state index in [0.29, 0.717) is 28.9 Å². The summed E-state index contributed by atoms with van der Waals surface area (Å²) in [6.45, 7) is 4.47. The molecule has 0 aliphatic heterocycles. The number of hydrogen-bond donors (Lipinski definition) is 1. The average Bonchev–Trinajstić information content (AvgIpc) is 2.68. The Morgan fingerprint density at radius 1 is 1.11 bits per heavy atom. The van der Waals surface area contributed by atoms with Crippen LogP contribution in [-0.4, -0.2) is 35.1 Å². The minimum Gasteiger partial charge on any atom is -0.355 e. The van der Waals surface area contributed by atoms with Crippen LogP contribution in [0.15, 0.2) is 48.5 Å². The van der Waals surface area contributed by atoms with E-state index in [4.69, 9.17) is 23.2 Å². The summed E-state index contributed by atoms with van der Waals surface area (Å²) in [5.74, 6) is 0.643. The number of thioether (sulfide) groups is 1. The molecule has 0 saturated carbocycles. The Hall–Kier alpha value is -1.69. The molecule has 1 N–H and O–H groups in total. The normalized spacial score (nSPS) is 11.7. The van der Waals surface area contributed by atoms with Gasteiger partial charge >= 0.3 is 0 Å². The number of carbonyl (C=O) groups is 2. The van der Waals surface area contributed by atoms with Crippen LogP contribution in [0.25, 0.3) is 0 Å². The van der Waals surface area contributed by atoms with Crippen molar-refractivity contribution in [1.29, 1.82) is 0 Å². The first kappa shape index (κ1) is 22.6. The van der Waals surface area contributed by atoms with Gasteiger partial charge < -0.3 is 10.2 Å². The third-order valence-corrected chi connectivity index (χ3v) is 5.81. The molecule has 0 aromatic heterocycles. The maximum atomic E-state index is 12.9. The molecule has 1 atom stereocenters. The minimum atomic E-state index is -0.566. The quantitative estimate of drug-likeness (QED) is 0.612. The number of nitrogens with one attached hydrogen (secondary N) is 1. The molecule has 0 aliphatic carbocycles. The highest BCUT2D eigenvalue weighted by Gasteiger charge is 2.25. The van der Waals surface area contributed by atoms with E-state index in [-0.39, 0.29) is 17.6 Å². The van der Waals surface area contributed by atoms with Crippen LogP contribution in [0.2, 0.25) is 10.0 Å². The third kappa shape index (κ3) is 6.73. The number of nitrogens with zero attached hydrogens (tertiary/aromatic N) is 1. The highest BCUT2D eigenvalue weighted by Crippen LogP contribution is 2.22. The molecule has 2 amide bonds. The summed E-state index contributed by atoms with van der Waals surface area (Å²) in [5, 5.41) is 4.11. The van der Waals surface area contributed by atoms with Crippen molar-refractivity contribution in [2.24, 2.45) is 0 Å². The predicted octanol–water partition coefficient (Wildman–Crippen LogP) is 4.78. The van der Waals surface area contributed by atoms with Crippen molar-refractivity contribution in [3.63, 3.8) is 0 Å². The molecule has 2 rings (SSSR count). The molecule has 0 saturated heterocycles. The summed E-state index contributed by atoms with van der Waals surface area (Å²) in [7, 11) is 0. The fourth-order valence-corrected chi connectivity index (χ4v) is 3.96. The van der Waals surface area contributed by atoms with Gasteiger partial charge in [-0.1, -0.05) is 53.5 Å². The van der Waals surface area contributed by atoms with Crippen molar-refractivity contribution in [2.45, 2.75) is 32.2 Å². The van der Waals surface area contributed by atoms with E-state index in [1.807, 2.05) is 43.3 Å². The lowest BCUT2D eigenvalue weighted by Gasteiger charge is -2.28. The third-order valence-electron chi connectivity index (χ3n) is 4.23. The highest BCUT2D eigenvalue weighted by atomic mass is 35.5. The standard InChI is InChI=1S/C21H24Cl2N2O2S/c1-3-24-21(27)15(2)25(12-16-8-10-18(22)11-9-16)20(26)14-28-13-17-6-4-5-7-19(17)23/h4-11,15H,3,12-14H2,1-2H3,(H,24,27)/t15-/m1/s1. The lowest BCUT2D eigenvalue weighted by atomic mass is 10.1. The van der Waals surface area contributed by atoms with Gasteiger partial charge in [0.05, 0.1) is 5.75 Å². The van der Waals surface area contributed by atoms with Crippen molar-refractivity contribution in [3.8, 4) is 0 Å². The lowest BCUT2D eigenvalue weighted by molar-refractivity contribution is -0.138. The monoisotopic (exact) mass is 438 g/mol. The van der Waals surface area contributed by atoms with Gasteiger partial charge in [0.15, 0.2) is 0 Å². The summed E-state index contributed by atoms with van der Waals surface area (Å²) in [6, 6.07) is 14.3. The Balaban J connectivity index is 2.05. The Morgan fingerprint density at radius 2 is 1.79 bits per heavy atom. The molecule has 0 radical (unpaired) electrons. The van der Waals surface area contributed by atoms with Crippen molar-refractivity contribution in [2.75, 3.05) is 12.3 Å². The van der Waals surface area contributed by atoms with E-state index < -0.39 is 6.04 Å². The van der Waals surface area contributed by atoms with Crippen LogP contribution in [0.5, 0.6) is 0 Å². The molecule has 2 aromatic carbocycles. The SMILES string of the molecule is CCNC(=O)[C@@H](C)N(Cc1ccc(Cl)cc1)C(=O)CSCc1ccccc1Cl. The number of carbonyl (C=O) groups excluding carboxylic acids is 2. The highest BCUT2D eigenvalue weighted by molar-refractivity contribution is 7.99. The van der Waals surface area contributed by atoms with E-state index in [0.717, 1.165) is 11.1 Å². The zero-order valence-electron chi connectivity index (χ0n) is 16.0. The Labute approximate surface area is 180 Å². The molecule has 0 aliphatic rings. The molecular weight excluding hydrogens is 415 g/mol. The zero-order chi connectivity index (χ0) is 20.5. The Bertz CT molecular complexity index is 799. The van der Waals surface area contributed by atoms with Gasteiger partial charge in [0.25, 0.3) is 0 Å². The molecular formula is C21H24Cl2N2O2S. The van der Waals surface area contributed by atoms with Gasteiger partial charge in [0.1, 0.15) is 6.04 Å². The minimum absolute atomic E-state index is 0.0919. The van der Waals surface area contributed by atoms with Gasteiger partial charge in [-0.15, -0.1) is 11.8 Å². The number of rotatable bonds is 9. The average molecular weight is 439 g/mol. The second kappa shape index (κ2) is 11.3. The first-order valence-electron chi connectivity index (χ1n) is 9.05. The van der Waals surface area contributed by atoms with Gasteiger partial charge in [0.2, 0.25) is 11.8 Å². The van der Waals surface area contributed by atoms with Gasteiger partial charge in [0, 0.05) is 28.9 Å². The van der Waals surface area contributed by atoms with Crippen LogP contribution >= 0.6 is 35.0 Å². The number of benzene rings is 2. The van der Waals surface area contributed by atoms with E-state index in [1.54, 1.807) is 24.0 Å². The largest absolute Gasteiger partial charge is 0.355 e. The first-order valence-corrected chi connectivity index (χ1v) is 11.0. The number of likely N-dealkylation sites (N-methyl/N-ethyl adjacent to an activating group) is 1. The smallest absolute Gasteiger partial charge is 0.242 e. The van der Waals surface area contributed by atoms with Crippen molar-refractivity contribution >= 4 is 46.8 Å². The zero-order valence-corrected chi connectivity index (χ0v) is 18.3. The summed E-state index contributed by atoms with van der Waals surface area (Å²) in [6.07, 6.45) is 0. The fourth-order valence-electron chi connectivity index (χ4n) is 2.64. The van der Waals surface area contributed by atoms with Crippen LogP contribution in [0.3, 0.4) is 0 Å². The molecule has 150 valence electrons. The first-order chi connectivity index (χ1) is 13.4. The van der Waals surface area contributed by atoms with Gasteiger partial charge in [-0.3, -0.25) is 9.59 Å². The second-order valence-electron chi connectivity index (χ2n) is 6.30.